The maximum atomic E-state index is 10.6. The Morgan fingerprint density at radius 3 is 2.78 bits per heavy atom. The zero-order valence-corrected chi connectivity index (χ0v) is 16.5. The monoisotopic (exact) mass is 391 g/mol. The number of fused-ring (bicyclic) bond motifs is 1. The molecule has 2 fully saturated rings. The van der Waals surface area contributed by atoms with Crippen molar-refractivity contribution in [1.82, 2.24) is 15.0 Å². The number of likely N-dealkylation sites (tertiary alicyclic amines) is 1. The number of ether oxygens (including phenoxy) is 1. The SMILES string of the molecule is CC(C)c1noc(CN2C[C@H]3C[C@@H](Oc4cccc(Cl)c4)[C@H](O)C[C@H]3C2)n1. The van der Waals surface area contributed by atoms with Crippen LogP contribution in [0.15, 0.2) is 28.8 Å². The number of hydrogen-bond acceptors (Lipinski definition) is 6. The van der Waals surface area contributed by atoms with Crippen LogP contribution in [0.1, 0.15) is 44.3 Å². The molecule has 2 heterocycles. The molecule has 1 N–H and O–H groups in total. The number of halogens is 1. The van der Waals surface area contributed by atoms with Crippen molar-refractivity contribution < 1.29 is 14.4 Å². The van der Waals surface area contributed by atoms with Gasteiger partial charge in [-0.3, -0.25) is 4.90 Å². The molecular weight excluding hydrogens is 366 g/mol. The van der Waals surface area contributed by atoms with Gasteiger partial charge in [-0.15, -0.1) is 0 Å². The molecule has 2 aliphatic rings. The van der Waals surface area contributed by atoms with Crippen LogP contribution >= 0.6 is 11.6 Å². The van der Waals surface area contributed by atoms with Crippen molar-refractivity contribution in [1.29, 1.82) is 0 Å². The molecule has 0 bridgehead atoms. The first-order valence-electron chi connectivity index (χ1n) is 9.63. The average Bonchev–Trinajstić information content (AvgIpc) is 3.22. The van der Waals surface area contributed by atoms with Crippen molar-refractivity contribution in [2.75, 3.05) is 13.1 Å². The van der Waals surface area contributed by atoms with Crippen LogP contribution < -0.4 is 4.74 Å². The Morgan fingerprint density at radius 1 is 1.30 bits per heavy atom. The third kappa shape index (κ3) is 4.28. The molecule has 1 saturated heterocycles. The Labute approximate surface area is 164 Å². The van der Waals surface area contributed by atoms with Gasteiger partial charge in [-0.2, -0.15) is 4.98 Å². The molecule has 0 spiro atoms. The van der Waals surface area contributed by atoms with E-state index in [1.807, 2.05) is 18.2 Å². The Balaban J connectivity index is 1.36. The van der Waals surface area contributed by atoms with Crippen LogP contribution in [-0.2, 0) is 6.54 Å². The molecule has 7 heteroatoms. The van der Waals surface area contributed by atoms with Gasteiger partial charge in [0.15, 0.2) is 5.82 Å². The number of rotatable bonds is 5. The Bertz CT molecular complexity index is 781. The van der Waals surface area contributed by atoms with Crippen LogP contribution in [0.3, 0.4) is 0 Å². The van der Waals surface area contributed by atoms with Crippen LogP contribution in [0.2, 0.25) is 5.02 Å². The number of aromatic nitrogens is 2. The molecule has 1 aromatic carbocycles. The fourth-order valence-electron chi connectivity index (χ4n) is 4.22. The maximum Gasteiger partial charge on any atom is 0.240 e. The number of aliphatic hydroxyl groups excluding tert-OH is 1. The van der Waals surface area contributed by atoms with Gasteiger partial charge in [0, 0.05) is 24.0 Å². The van der Waals surface area contributed by atoms with Gasteiger partial charge in [0.2, 0.25) is 5.89 Å². The first-order valence-corrected chi connectivity index (χ1v) is 10.0. The third-order valence-electron chi connectivity index (χ3n) is 5.60. The van der Waals surface area contributed by atoms with E-state index in [1.165, 1.54) is 0 Å². The molecular formula is C20H26ClN3O3. The normalized spacial score (nSPS) is 28.5. The van der Waals surface area contributed by atoms with E-state index in [2.05, 4.69) is 28.9 Å². The summed E-state index contributed by atoms with van der Waals surface area (Å²) < 4.78 is 11.4. The zero-order chi connectivity index (χ0) is 19.0. The first kappa shape index (κ1) is 18.7. The van der Waals surface area contributed by atoms with Crippen molar-refractivity contribution in [2.24, 2.45) is 11.8 Å². The minimum Gasteiger partial charge on any atom is -0.488 e. The highest BCUT2D eigenvalue weighted by Crippen LogP contribution is 2.38. The van der Waals surface area contributed by atoms with E-state index in [0.717, 1.165) is 31.8 Å². The van der Waals surface area contributed by atoms with E-state index >= 15 is 0 Å². The fourth-order valence-corrected chi connectivity index (χ4v) is 4.40. The molecule has 6 nitrogen and oxygen atoms in total. The summed E-state index contributed by atoms with van der Waals surface area (Å²) in [6.45, 7) is 6.70. The molecule has 0 amide bonds. The fraction of sp³-hybridized carbons (Fsp3) is 0.600. The van der Waals surface area contributed by atoms with E-state index in [1.54, 1.807) is 6.07 Å². The largest absolute Gasteiger partial charge is 0.488 e. The highest BCUT2D eigenvalue weighted by atomic mass is 35.5. The van der Waals surface area contributed by atoms with Crippen LogP contribution in [0, 0.1) is 11.8 Å². The summed E-state index contributed by atoms with van der Waals surface area (Å²) in [6, 6.07) is 7.36. The van der Waals surface area contributed by atoms with Gasteiger partial charge >= 0.3 is 0 Å². The van der Waals surface area contributed by atoms with Crippen molar-refractivity contribution >= 4 is 11.6 Å². The second-order valence-electron chi connectivity index (χ2n) is 8.07. The minimum atomic E-state index is -0.457. The van der Waals surface area contributed by atoms with Gasteiger partial charge in [0.05, 0.1) is 12.6 Å². The lowest BCUT2D eigenvalue weighted by atomic mass is 9.78. The summed E-state index contributed by atoms with van der Waals surface area (Å²) in [5, 5.41) is 15.3. The smallest absolute Gasteiger partial charge is 0.240 e. The standard InChI is InChI=1S/C20H26ClN3O3/c1-12(2)20-22-19(27-23-20)11-24-9-13-6-17(25)18(7-14(13)10-24)26-16-5-3-4-15(21)8-16/h3-5,8,12-14,17-18,25H,6-7,9-11H2,1-2H3/t13-,14+,17+,18+/m0/s1. The van der Waals surface area contributed by atoms with Gasteiger partial charge in [0.25, 0.3) is 0 Å². The summed E-state index contributed by atoms with van der Waals surface area (Å²) in [5.41, 5.74) is 0. The lowest BCUT2D eigenvalue weighted by Crippen LogP contribution is -2.42. The number of hydrogen-bond donors (Lipinski definition) is 1. The molecule has 1 saturated carbocycles. The molecule has 1 aliphatic carbocycles. The van der Waals surface area contributed by atoms with Crippen molar-refractivity contribution in [3.63, 3.8) is 0 Å². The second kappa shape index (κ2) is 7.78. The number of aliphatic hydroxyl groups is 1. The Hall–Kier alpha value is -1.63. The van der Waals surface area contributed by atoms with E-state index in [4.69, 9.17) is 20.9 Å². The van der Waals surface area contributed by atoms with Crippen LogP contribution in [0.5, 0.6) is 5.75 Å². The van der Waals surface area contributed by atoms with E-state index in [-0.39, 0.29) is 12.0 Å². The summed E-state index contributed by atoms with van der Waals surface area (Å²) in [5.74, 6) is 3.39. The zero-order valence-electron chi connectivity index (χ0n) is 15.7. The molecule has 1 aliphatic heterocycles. The number of nitrogens with zero attached hydrogens (tertiary/aromatic N) is 3. The maximum absolute atomic E-state index is 10.6. The van der Waals surface area contributed by atoms with Gasteiger partial charge < -0.3 is 14.4 Å². The first-order chi connectivity index (χ1) is 13.0. The molecule has 2 aromatic rings. The van der Waals surface area contributed by atoms with Crippen LogP contribution in [0.4, 0.5) is 0 Å². The van der Waals surface area contributed by atoms with Crippen LogP contribution in [0.25, 0.3) is 0 Å². The highest BCUT2D eigenvalue weighted by molar-refractivity contribution is 6.30. The van der Waals surface area contributed by atoms with E-state index < -0.39 is 6.10 Å². The third-order valence-corrected chi connectivity index (χ3v) is 5.84. The molecule has 0 unspecified atom stereocenters. The second-order valence-corrected chi connectivity index (χ2v) is 8.50. The predicted molar refractivity (Wildman–Crippen MR) is 102 cm³/mol. The van der Waals surface area contributed by atoms with E-state index in [0.29, 0.717) is 35.0 Å². The van der Waals surface area contributed by atoms with Gasteiger partial charge in [-0.25, -0.2) is 0 Å². The number of benzene rings is 1. The van der Waals surface area contributed by atoms with Gasteiger partial charge in [-0.05, 0) is 42.9 Å². The Kier molecular flexibility index (Phi) is 5.39. The summed E-state index contributed by atoms with van der Waals surface area (Å²) >= 11 is 6.04. The van der Waals surface area contributed by atoms with Gasteiger partial charge in [0.1, 0.15) is 11.9 Å². The van der Waals surface area contributed by atoms with Crippen molar-refractivity contribution in [3.8, 4) is 5.75 Å². The van der Waals surface area contributed by atoms with Crippen molar-refractivity contribution in [3.05, 3.63) is 41.0 Å². The molecule has 146 valence electrons. The summed E-state index contributed by atoms with van der Waals surface area (Å²) in [4.78, 5) is 6.83. The molecule has 27 heavy (non-hydrogen) atoms. The molecule has 4 rings (SSSR count). The van der Waals surface area contributed by atoms with E-state index in [9.17, 15) is 5.11 Å². The topological polar surface area (TPSA) is 71.6 Å². The molecule has 0 radical (unpaired) electrons. The molecule has 4 atom stereocenters. The lowest BCUT2D eigenvalue weighted by Gasteiger charge is -2.35. The van der Waals surface area contributed by atoms with Gasteiger partial charge in [-0.1, -0.05) is 36.7 Å². The Morgan fingerprint density at radius 2 is 2.07 bits per heavy atom. The van der Waals surface area contributed by atoms with Crippen LogP contribution in [-0.4, -0.2) is 45.4 Å². The average molecular weight is 392 g/mol. The summed E-state index contributed by atoms with van der Waals surface area (Å²) in [7, 11) is 0. The quantitative estimate of drug-likeness (QED) is 0.841. The van der Waals surface area contributed by atoms with Crippen molar-refractivity contribution in [2.45, 2.75) is 51.4 Å². The predicted octanol–water partition coefficient (Wildman–Crippen LogP) is 3.50. The molecule has 1 aromatic heterocycles. The minimum absolute atomic E-state index is 0.194. The highest BCUT2D eigenvalue weighted by Gasteiger charge is 2.43. The lowest BCUT2D eigenvalue weighted by molar-refractivity contribution is -0.0231. The summed E-state index contributed by atoms with van der Waals surface area (Å²) in [6.07, 6.45) is 0.949.